The average Bonchev–Trinajstić information content (AvgIpc) is 3.23. The van der Waals surface area contributed by atoms with Crippen LogP contribution in [0.15, 0.2) is 24.3 Å². The number of benzene rings is 1. The number of hydrogen-bond acceptors (Lipinski definition) is 8. The Morgan fingerprint density at radius 3 is 2.49 bits per heavy atom. The Morgan fingerprint density at radius 2 is 1.92 bits per heavy atom. The highest BCUT2D eigenvalue weighted by Gasteiger charge is 2.61. The number of pyridine rings is 1. The summed E-state index contributed by atoms with van der Waals surface area (Å²) in [6.07, 6.45) is -9.35. The van der Waals surface area contributed by atoms with Crippen LogP contribution in [0.25, 0.3) is 0 Å². The van der Waals surface area contributed by atoms with Crippen molar-refractivity contribution in [3.05, 3.63) is 47.2 Å². The molecule has 3 amide bonds. The lowest BCUT2D eigenvalue weighted by atomic mass is 9.85. The predicted molar refractivity (Wildman–Crippen MR) is 125 cm³/mol. The Labute approximate surface area is 217 Å². The van der Waals surface area contributed by atoms with Crippen LogP contribution in [0, 0.1) is 11.6 Å². The molecule has 1 unspecified atom stereocenters. The third kappa shape index (κ3) is 6.07. The maximum absolute atomic E-state index is 14.4. The minimum atomic E-state index is -4.96. The Bertz CT molecular complexity index is 1290. The second-order valence-electron chi connectivity index (χ2n) is 8.78. The van der Waals surface area contributed by atoms with E-state index in [1.165, 1.54) is 0 Å². The smallest absolute Gasteiger partial charge is 0.417 e. The molecule has 1 aliphatic rings. The number of amides is 3. The van der Waals surface area contributed by atoms with Crippen LogP contribution < -0.4 is 26.8 Å². The van der Waals surface area contributed by atoms with E-state index >= 15 is 0 Å². The van der Waals surface area contributed by atoms with Crippen LogP contribution in [-0.2, 0) is 14.3 Å². The average molecular weight is 561 g/mol. The molecule has 7 N–H and O–H groups in total. The minimum absolute atomic E-state index is 0.249. The van der Waals surface area contributed by atoms with E-state index in [4.69, 9.17) is 20.9 Å². The zero-order chi connectivity index (χ0) is 29.3. The van der Waals surface area contributed by atoms with E-state index in [1.807, 2.05) is 0 Å². The Morgan fingerprint density at radius 1 is 1.26 bits per heavy atom. The summed E-state index contributed by atoms with van der Waals surface area (Å²) < 4.78 is 79.9. The van der Waals surface area contributed by atoms with Gasteiger partial charge in [-0.15, -0.1) is 0 Å². The van der Waals surface area contributed by atoms with Gasteiger partial charge in [0.2, 0.25) is 5.82 Å². The largest absolute Gasteiger partial charge is 0.493 e. The van der Waals surface area contributed by atoms with Crippen molar-refractivity contribution in [3.63, 3.8) is 0 Å². The van der Waals surface area contributed by atoms with Gasteiger partial charge in [0.05, 0.1) is 7.11 Å². The lowest BCUT2D eigenvalue weighted by molar-refractivity contribution is -0.261. The van der Waals surface area contributed by atoms with Gasteiger partial charge in [-0.25, -0.2) is 9.37 Å². The topological polar surface area (TPSA) is 179 Å². The Balaban J connectivity index is 2.01. The number of carbonyl (C=O) groups is 3. The number of alkyl halides is 3. The van der Waals surface area contributed by atoms with Crippen LogP contribution in [0.4, 0.5) is 33.5 Å². The normalized spacial score (nSPS) is 21.8. The number of ether oxygens (including phenoxy) is 2. The van der Waals surface area contributed by atoms with E-state index in [0.717, 1.165) is 25.3 Å². The highest BCUT2D eigenvalue weighted by Crippen LogP contribution is 2.51. The van der Waals surface area contributed by atoms with Gasteiger partial charge in [-0.3, -0.25) is 14.4 Å². The van der Waals surface area contributed by atoms with Crippen molar-refractivity contribution < 1.29 is 50.9 Å². The molecule has 2 aromatic rings. The fraction of sp³-hybridized carbons (Fsp3) is 0.391. The van der Waals surface area contributed by atoms with Gasteiger partial charge >= 0.3 is 6.18 Å². The van der Waals surface area contributed by atoms with Crippen molar-refractivity contribution in [1.82, 2.24) is 4.98 Å². The molecule has 16 heteroatoms. The van der Waals surface area contributed by atoms with Gasteiger partial charge in [0.25, 0.3) is 17.7 Å². The number of carbonyl (C=O) groups excluding carboxylic acids is 3. The molecular weight excluding hydrogens is 537 g/mol. The molecule has 0 radical (unpaired) electrons. The van der Waals surface area contributed by atoms with Crippen molar-refractivity contribution in [2.45, 2.75) is 43.2 Å². The van der Waals surface area contributed by atoms with Gasteiger partial charge in [-0.05, 0) is 25.5 Å². The van der Waals surface area contributed by atoms with E-state index < -0.39 is 83.7 Å². The van der Waals surface area contributed by atoms with Crippen molar-refractivity contribution in [2.24, 2.45) is 11.5 Å². The van der Waals surface area contributed by atoms with E-state index in [1.54, 1.807) is 0 Å². The summed E-state index contributed by atoms with van der Waals surface area (Å²) in [4.78, 5) is 40.7. The number of aliphatic hydroxyl groups excluding tert-OH is 1. The fourth-order valence-electron chi connectivity index (χ4n) is 4.00. The Kier molecular flexibility index (Phi) is 8.42. The molecule has 0 bridgehead atoms. The molecule has 0 spiro atoms. The number of aliphatic hydroxyl groups is 1. The Hall–Kier alpha value is -3.89. The summed E-state index contributed by atoms with van der Waals surface area (Å²) in [6.45, 7) is 0.254. The highest BCUT2D eigenvalue weighted by molar-refractivity contribution is 5.99. The maximum atomic E-state index is 14.4. The molecule has 39 heavy (non-hydrogen) atoms. The van der Waals surface area contributed by atoms with Gasteiger partial charge in [0.1, 0.15) is 23.7 Å². The number of aromatic nitrogens is 1. The molecular formula is C23H24F5N5O6. The van der Waals surface area contributed by atoms with Crippen molar-refractivity contribution in [1.29, 1.82) is 0 Å². The summed E-state index contributed by atoms with van der Waals surface area (Å²) in [5.41, 5.74) is 6.63. The summed E-state index contributed by atoms with van der Waals surface area (Å²) in [6, 6.07) is 3.66. The fourth-order valence-corrected chi connectivity index (χ4v) is 4.00. The van der Waals surface area contributed by atoms with Gasteiger partial charge in [-0.1, -0.05) is 6.07 Å². The first kappa shape index (κ1) is 29.7. The molecule has 4 atom stereocenters. The van der Waals surface area contributed by atoms with Crippen LogP contribution in [0.1, 0.15) is 35.3 Å². The summed E-state index contributed by atoms with van der Waals surface area (Å²) in [5.74, 6) is -8.56. The van der Waals surface area contributed by atoms with Gasteiger partial charge in [-0.2, -0.15) is 17.6 Å². The molecule has 1 fully saturated rings. The summed E-state index contributed by atoms with van der Waals surface area (Å²) >= 11 is 0. The second kappa shape index (κ2) is 11.1. The van der Waals surface area contributed by atoms with Gasteiger partial charge in [0, 0.05) is 29.8 Å². The van der Waals surface area contributed by atoms with E-state index in [-0.39, 0.29) is 17.1 Å². The number of nitrogens with one attached hydrogen (secondary N) is 2. The van der Waals surface area contributed by atoms with Crippen molar-refractivity contribution >= 4 is 29.2 Å². The van der Waals surface area contributed by atoms with E-state index in [0.29, 0.717) is 13.0 Å². The molecule has 1 aromatic carbocycles. The van der Waals surface area contributed by atoms with E-state index in [9.17, 15) is 41.4 Å². The molecule has 1 aliphatic heterocycles. The lowest BCUT2D eigenvalue weighted by Gasteiger charge is -2.27. The number of hydrogen-bond donors (Lipinski definition) is 5. The zero-order valence-corrected chi connectivity index (χ0v) is 20.4. The monoisotopic (exact) mass is 561 g/mol. The number of nitrogens with zero attached hydrogens (tertiary/aromatic N) is 1. The van der Waals surface area contributed by atoms with Crippen molar-refractivity contribution in [2.75, 3.05) is 24.3 Å². The molecule has 2 heterocycles. The zero-order valence-electron chi connectivity index (χ0n) is 20.4. The minimum Gasteiger partial charge on any atom is -0.493 e. The molecule has 3 rings (SSSR count). The molecule has 0 aliphatic carbocycles. The van der Waals surface area contributed by atoms with Crippen molar-refractivity contribution in [3.8, 4) is 5.75 Å². The quantitative estimate of drug-likeness (QED) is 0.301. The molecule has 1 aromatic heterocycles. The van der Waals surface area contributed by atoms with Crippen LogP contribution in [0.3, 0.4) is 0 Å². The number of halogens is 5. The first-order valence-electron chi connectivity index (χ1n) is 11.2. The molecule has 11 nitrogen and oxygen atoms in total. The number of methoxy groups -OCH3 is 1. The summed E-state index contributed by atoms with van der Waals surface area (Å²) in [5, 5.41) is 14.0. The second-order valence-corrected chi connectivity index (χ2v) is 8.78. The van der Waals surface area contributed by atoms with Crippen LogP contribution in [-0.4, -0.2) is 65.5 Å². The highest BCUT2D eigenvalue weighted by atomic mass is 19.4. The lowest BCUT2D eigenvalue weighted by Crippen LogP contribution is -2.43. The number of rotatable bonds is 8. The summed E-state index contributed by atoms with van der Waals surface area (Å²) in [7, 11) is 0.981. The number of anilines is 2. The number of nitrogens with two attached hydrogens (primary N) is 2. The number of primary amides is 1. The molecule has 212 valence electrons. The maximum Gasteiger partial charge on any atom is 0.417 e. The molecule has 0 saturated carbocycles. The SMILES string of the molecule is COc1c([C@@H]2C[C@](C)(C(F)(F)F)O[C@H]2C(=O)Nc2cc(NC(=O)C(O)CN)nc(C(N)=O)c2)ccc(F)c1F. The van der Waals surface area contributed by atoms with Crippen LogP contribution >= 0.6 is 0 Å². The standard InChI is InChI=1S/C23H24F5N5O6/c1-22(23(26,27)28)7-11(10-3-4-12(24)16(25)17(10)38-2)18(39-22)21(37)31-9-5-13(19(30)35)32-15(6-9)33-20(36)14(34)8-29/h3-6,11,14,18,34H,7-8,29H2,1-2H3,(H2,30,35)(H2,31,32,33,36,37)/t11-,14?,18+,22+/m0/s1. The van der Waals surface area contributed by atoms with Crippen LogP contribution in [0.2, 0.25) is 0 Å². The molecule has 1 saturated heterocycles. The van der Waals surface area contributed by atoms with E-state index in [2.05, 4.69) is 15.6 Å². The first-order valence-corrected chi connectivity index (χ1v) is 11.2. The first-order chi connectivity index (χ1) is 18.1. The van der Waals surface area contributed by atoms with Crippen LogP contribution in [0.5, 0.6) is 5.75 Å². The predicted octanol–water partition coefficient (Wildman–Crippen LogP) is 1.56. The third-order valence-electron chi connectivity index (χ3n) is 6.03. The van der Waals surface area contributed by atoms with Gasteiger partial charge in [0.15, 0.2) is 17.2 Å². The third-order valence-corrected chi connectivity index (χ3v) is 6.03. The van der Waals surface area contributed by atoms with Gasteiger partial charge < -0.3 is 36.7 Å².